The van der Waals surface area contributed by atoms with Gasteiger partial charge in [-0.2, -0.15) is 9.78 Å². The molecule has 0 radical (unpaired) electrons. The maximum Gasteiger partial charge on any atom is 0.389 e. The third kappa shape index (κ3) is 2.57. The molecule has 4 aromatic heterocycles. The largest absolute Gasteiger partial charge is 0.389 e. The molecule has 0 unspecified atom stereocenters. The van der Waals surface area contributed by atoms with Gasteiger partial charge in [0, 0.05) is 12.6 Å². The second-order valence-corrected chi connectivity index (χ2v) is 6.28. The van der Waals surface area contributed by atoms with Crippen molar-refractivity contribution in [2.45, 2.75) is 6.54 Å². The number of benzene rings is 1. The molecular weight excluding hydrogens is 362 g/mol. The lowest BCUT2D eigenvalue weighted by Gasteiger charge is -2.00. The highest BCUT2D eigenvalue weighted by Gasteiger charge is 2.13. The Labute approximate surface area is 157 Å². The molecule has 0 N–H and O–H groups in total. The third-order valence-corrected chi connectivity index (χ3v) is 4.44. The van der Waals surface area contributed by atoms with Crippen molar-refractivity contribution in [3.8, 4) is 11.4 Å². The molecule has 0 atom stereocenters. The minimum atomic E-state index is -0.511. The number of rotatable bonds is 4. The number of hydrogen-bond acceptors (Lipinski definition) is 7. The first-order valence-electron chi connectivity index (χ1n) is 8.39. The molecule has 11 nitrogen and oxygen atoms in total. The van der Waals surface area contributed by atoms with Gasteiger partial charge in [0.2, 0.25) is 0 Å². The van der Waals surface area contributed by atoms with Crippen LogP contribution in [0.3, 0.4) is 0 Å². The van der Waals surface area contributed by atoms with Crippen LogP contribution in [-0.4, -0.2) is 44.1 Å². The van der Waals surface area contributed by atoms with Crippen LogP contribution in [0.5, 0.6) is 0 Å². The maximum atomic E-state index is 10.7. The van der Waals surface area contributed by atoms with Crippen LogP contribution in [-0.2, 0) is 13.6 Å². The predicted molar refractivity (Wildman–Crippen MR) is 98.5 cm³/mol. The molecule has 1 aromatic carbocycles. The topological polar surface area (TPSA) is 122 Å². The summed E-state index contributed by atoms with van der Waals surface area (Å²) in [4.78, 5) is 19.2. The van der Waals surface area contributed by atoms with Crippen LogP contribution in [0.15, 0.2) is 49.1 Å². The molecule has 0 aliphatic rings. The van der Waals surface area contributed by atoms with Gasteiger partial charge in [0.1, 0.15) is 6.33 Å². The molecular formula is C17H13N9O2. The van der Waals surface area contributed by atoms with Crippen LogP contribution >= 0.6 is 0 Å². The molecule has 0 spiro atoms. The lowest BCUT2D eigenvalue weighted by Crippen LogP contribution is -2.01. The van der Waals surface area contributed by atoms with Crippen LogP contribution in [0.4, 0.5) is 5.82 Å². The number of fused-ring (bicyclic) bond motifs is 3. The lowest BCUT2D eigenvalue weighted by molar-refractivity contribution is -0.389. The van der Waals surface area contributed by atoms with E-state index >= 15 is 0 Å². The van der Waals surface area contributed by atoms with E-state index in [1.54, 1.807) is 27.9 Å². The number of nitro groups is 1. The van der Waals surface area contributed by atoms with Crippen LogP contribution in [0, 0.1) is 10.1 Å². The van der Waals surface area contributed by atoms with E-state index in [0.29, 0.717) is 18.0 Å². The molecule has 0 bridgehead atoms. The molecule has 0 saturated carbocycles. The van der Waals surface area contributed by atoms with Crippen molar-refractivity contribution < 1.29 is 4.92 Å². The van der Waals surface area contributed by atoms with E-state index in [1.807, 2.05) is 31.3 Å². The Bertz CT molecular complexity index is 1330. The second kappa shape index (κ2) is 5.94. The Morgan fingerprint density at radius 3 is 2.68 bits per heavy atom. The SMILES string of the molecule is Cn1ncc2c1ncn1nc(-c3ccc(Cn4ccc([N+](=O)[O-])n4)cc3)nc21. The van der Waals surface area contributed by atoms with E-state index in [9.17, 15) is 10.1 Å². The summed E-state index contributed by atoms with van der Waals surface area (Å²) in [6.45, 7) is 0.437. The molecule has 4 heterocycles. The van der Waals surface area contributed by atoms with Gasteiger partial charge in [0.05, 0.1) is 35.5 Å². The van der Waals surface area contributed by atoms with E-state index in [-0.39, 0.29) is 5.82 Å². The molecule has 0 aliphatic carbocycles. The monoisotopic (exact) mass is 375 g/mol. The van der Waals surface area contributed by atoms with Crippen molar-refractivity contribution in [3.05, 3.63) is 64.7 Å². The zero-order valence-electron chi connectivity index (χ0n) is 14.7. The van der Waals surface area contributed by atoms with E-state index < -0.39 is 4.92 Å². The van der Waals surface area contributed by atoms with Gasteiger partial charge in [-0.3, -0.25) is 4.68 Å². The lowest BCUT2D eigenvalue weighted by atomic mass is 10.1. The van der Waals surface area contributed by atoms with Crippen LogP contribution in [0.2, 0.25) is 0 Å². The Kier molecular flexibility index (Phi) is 3.41. The fourth-order valence-electron chi connectivity index (χ4n) is 3.04. The number of hydrogen-bond donors (Lipinski definition) is 0. The van der Waals surface area contributed by atoms with Gasteiger partial charge in [-0.25, -0.2) is 14.5 Å². The average molecular weight is 375 g/mol. The summed E-state index contributed by atoms with van der Waals surface area (Å²) in [5, 5.41) is 24.2. The first-order chi connectivity index (χ1) is 13.6. The zero-order valence-corrected chi connectivity index (χ0v) is 14.7. The molecule has 0 amide bonds. The van der Waals surface area contributed by atoms with E-state index in [0.717, 1.165) is 22.2 Å². The number of aryl methyl sites for hydroxylation is 1. The van der Waals surface area contributed by atoms with Gasteiger partial charge >= 0.3 is 5.82 Å². The minimum Gasteiger partial charge on any atom is -0.358 e. The van der Waals surface area contributed by atoms with Gasteiger partial charge in [-0.15, -0.1) is 5.10 Å². The van der Waals surface area contributed by atoms with E-state index in [1.165, 1.54) is 10.7 Å². The Morgan fingerprint density at radius 1 is 1.11 bits per heavy atom. The molecule has 138 valence electrons. The van der Waals surface area contributed by atoms with Crippen molar-refractivity contribution in [2.24, 2.45) is 7.05 Å². The standard InChI is InChI=1S/C17H13N9O2/c1-23-16-13(8-19-23)17-20-15(22-25(17)10-18-16)12-4-2-11(3-5-12)9-24-7-6-14(21-24)26(27)28/h2-8,10H,9H2,1H3. The fourth-order valence-corrected chi connectivity index (χ4v) is 3.04. The summed E-state index contributed by atoms with van der Waals surface area (Å²) in [6, 6.07) is 9.05. The molecule has 5 aromatic rings. The summed E-state index contributed by atoms with van der Waals surface area (Å²) in [5.74, 6) is 0.417. The fraction of sp³-hybridized carbons (Fsp3) is 0.118. The highest BCUT2D eigenvalue weighted by atomic mass is 16.6. The molecule has 0 saturated heterocycles. The highest BCUT2D eigenvalue weighted by Crippen LogP contribution is 2.21. The van der Waals surface area contributed by atoms with Crippen molar-refractivity contribution >= 4 is 22.5 Å². The normalized spacial score (nSPS) is 11.5. The molecule has 11 heteroatoms. The molecule has 28 heavy (non-hydrogen) atoms. The smallest absolute Gasteiger partial charge is 0.358 e. The Morgan fingerprint density at radius 2 is 1.93 bits per heavy atom. The maximum absolute atomic E-state index is 10.7. The van der Waals surface area contributed by atoms with Gasteiger partial charge in [-0.05, 0) is 10.5 Å². The first kappa shape index (κ1) is 16.1. The highest BCUT2D eigenvalue weighted by molar-refractivity contribution is 5.88. The number of nitrogens with zero attached hydrogens (tertiary/aromatic N) is 9. The summed E-state index contributed by atoms with van der Waals surface area (Å²) >= 11 is 0. The molecule has 0 aliphatic heterocycles. The summed E-state index contributed by atoms with van der Waals surface area (Å²) in [5.41, 5.74) is 3.26. The predicted octanol–water partition coefficient (Wildman–Crippen LogP) is 1.83. The Balaban J connectivity index is 1.45. The number of aromatic nitrogens is 8. The van der Waals surface area contributed by atoms with Crippen LogP contribution in [0.25, 0.3) is 28.1 Å². The Hall–Kier alpha value is -4.15. The van der Waals surface area contributed by atoms with Gasteiger partial charge in [-0.1, -0.05) is 24.3 Å². The zero-order chi connectivity index (χ0) is 19.3. The molecule has 5 rings (SSSR count). The van der Waals surface area contributed by atoms with Crippen molar-refractivity contribution in [2.75, 3.05) is 0 Å². The molecule has 0 fully saturated rings. The first-order valence-corrected chi connectivity index (χ1v) is 8.39. The van der Waals surface area contributed by atoms with Crippen LogP contribution in [0.1, 0.15) is 5.56 Å². The van der Waals surface area contributed by atoms with Gasteiger partial charge in [0.25, 0.3) is 0 Å². The third-order valence-electron chi connectivity index (χ3n) is 4.44. The summed E-state index contributed by atoms with van der Waals surface area (Å²) in [6.07, 6.45) is 4.93. The van der Waals surface area contributed by atoms with Crippen LogP contribution < -0.4 is 0 Å². The van der Waals surface area contributed by atoms with Gasteiger partial charge in [0.15, 0.2) is 17.1 Å². The average Bonchev–Trinajstić information content (AvgIpc) is 3.40. The van der Waals surface area contributed by atoms with E-state index in [2.05, 4.69) is 25.3 Å². The quantitative estimate of drug-likeness (QED) is 0.347. The summed E-state index contributed by atoms with van der Waals surface area (Å²) < 4.78 is 4.86. The van der Waals surface area contributed by atoms with Crippen molar-refractivity contribution in [1.82, 2.24) is 39.1 Å². The van der Waals surface area contributed by atoms with Crippen molar-refractivity contribution in [3.63, 3.8) is 0 Å². The van der Waals surface area contributed by atoms with Crippen molar-refractivity contribution in [1.29, 1.82) is 0 Å². The van der Waals surface area contributed by atoms with E-state index in [4.69, 9.17) is 0 Å². The second-order valence-electron chi connectivity index (χ2n) is 6.28. The van der Waals surface area contributed by atoms with Gasteiger partial charge < -0.3 is 10.1 Å². The minimum absolute atomic E-state index is 0.166. The summed E-state index contributed by atoms with van der Waals surface area (Å²) in [7, 11) is 1.83.